The Bertz CT molecular complexity index is 1110. The lowest BCUT2D eigenvalue weighted by molar-refractivity contribution is -0.116. The molecule has 0 saturated carbocycles. The van der Waals surface area contributed by atoms with Gasteiger partial charge < -0.3 is 4.90 Å². The number of hydrogen-bond acceptors (Lipinski definition) is 4. The van der Waals surface area contributed by atoms with Gasteiger partial charge in [-0.15, -0.1) is 6.58 Å². The van der Waals surface area contributed by atoms with Crippen LogP contribution in [-0.2, 0) is 17.8 Å². The van der Waals surface area contributed by atoms with E-state index in [9.17, 15) is 9.59 Å². The first-order valence-electron chi connectivity index (χ1n) is 9.30. The molecule has 142 valence electrons. The molecular weight excluding hydrogens is 370 g/mol. The molecule has 0 bridgehead atoms. The predicted molar refractivity (Wildman–Crippen MR) is 114 cm³/mol. The first-order chi connectivity index (χ1) is 13.7. The second kappa shape index (κ2) is 8.02. The van der Waals surface area contributed by atoms with Crippen LogP contribution in [0, 0.1) is 0 Å². The Hall–Kier alpha value is -2.86. The van der Waals surface area contributed by atoms with Gasteiger partial charge in [0.1, 0.15) is 0 Å². The minimum atomic E-state index is -0.108. The van der Waals surface area contributed by atoms with E-state index < -0.39 is 0 Å². The summed E-state index contributed by atoms with van der Waals surface area (Å²) in [6.07, 6.45) is 3.63. The van der Waals surface area contributed by atoms with Crippen LogP contribution >= 0.6 is 11.8 Å². The summed E-state index contributed by atoms with van der Waals surface area (Å²) in [6.45, 7) is 4.82. The Morgan fingerprint density at radius 3 is 2.82 bits per heavy atom. The number of benzene rings is 2. The van der Waals surface area contributed by atoms with Crippen LogP contribution in [0.3, 0.4) is 0 Å². The first kappa shape index (κ1) is 18.5. The van der Waals surface area contributed by atoms with E-state index in [-0.39, 0.29) is 17.2 Å². The van der Waals surface area contributed by atoms with Crippen LogP contribution < -0.4 is 10.5 Å². The maximum absolute atomic E-state index is 12.9. The maximum atomic E-state index is 12.9. The number of fused-ring (bicyclic) bond motifs is 2. The smallest absolute Gasteiger partial charge is 0.262 e. The summed E-state index contributed by atoms with van der Waals surface area (Å²) in [5, 5.41) is 1.12. The van der Waals surface area contributed by atoms with Crippen LogP contribution in [0.15, 0.2) is 71.1 Å². The van der Waals surface area contributed by atoms with E-state index in [0.29, 0.717) is 22.6 Å². The molecule has 0 N–H and O–H groups in total. The molecule has 0 spiro atoms. The van der Waals surface area contributed by atoms with Crippen molar-refractivity contribution in [2.75, 3.05) is 17.2 Å². The van der Waals surface area contributed by atoms with Crippen LogP contribution in [0.5, 0.6) is 0 Å². The predicted octanol–water partition coefficient (Wildman–Crippen LogP) is 3.65. The Morgan fingerprint density at radius 1 is 1.18 bits per heavy atom. The Labute approximate surface area is 167 Å². The summed E-state index contributed by atoms with van der Waals surface area (Å²) in [5.41, 5.74) is 2.74. The number of aryl methyl sites for hydroxylation is 1. The summed E-state index contributed by atoms with van der Waals surface area (Å²) in [5.74, 6) is 0.265. The molecule has 6 heteroatoms. The number of amides is 1. The number of para-hydroxylation sites is 2. The highest BCUT2D eigenvalue weighted by molar-refractivity contribution is 7.99. The molecule has 0 radical (unpaired) electrons. The summed E-state index contributed by atoms with van der Waals surface area (Å²) < 4.78 is 1.58. The number of hydrogen-bond donors (Lipinski definition) is 0. The molecule has 3 aromatic rings. The van der Waals surface area contributed by atoms with E-state index in [0.717, 1.165) is 25.1 Å². The van der Waals surface area contributed by atoms with Crippen molar-refractivity contribution in [1.29, 1.82) is 0 Å². The molecule has 1 aliphatic rings. The number of rotatable bonds is 5. The zero-order valence-electron chi connectivity index (χ0n) is 15.5. The first-order valence-corrected chi connectivity index (χ1v) is 10.3. The average molecular weight is 391 g/mol. The van der Waals surface area contributed by atoms with E-state index in [2.05, 4.69) is 17.6 Å². The van der Waals surface area contributed by atoms with Crippen molar-refractivity contribution in [3.05, 3.63) is 77.1 Å². The zero-order chi connectivity index (χ0) is 19.5. The highest BCUT2D eigenvalue weighted by Gasteiger charge is 2.23. The number of allylic oxidation sites excluding steroid dienone is 1. The van der Waals surface area contributed by atoms with Crippen LogP contribution in [0.1, 0.15) is 12.0 Å². The number of carbonyl (C=O) groups is 1. The van der Waals surface area contributed by atoms with Gasteiger partial charge in [-0.1, -0.05) is 48.2 Å². The van der Waals surface area contributed by atoms with Crippen LogP contribution in [0.4, 0.5) is 5.69 Å². The molecule has 0 unspecified atom stereocenters. The molecule has 28 heavy (non-hydrogen) atoms. The van der Waals surface area contributed by atoms with Crippen molar-refractivity contribution < 1.29 is 4.79 Å². The van der Waals surface area contributed by atoms with Gasteiger partial charge in [-0.2, -0.15) is 0 Å². The SMILES string of the molecule is C=CCn1c(SCC(=O)N2CCCc3ccccc32)nc2ccccc2c1=O. The van der Waals surface area contributed by atoms with Crippen molar-refractivity contribution in [1.82, 2.24) is 9.55 Å². The lowest BCUT2D eigenvalue weighted by Gasteiger charge is -2.29. The molecule has 1 aliphatic heterocycles. The molecule has 0 fully saturated rings. The summed E-state index contributed by atoms with van der Waals surface area (Å²) in [6, 6.07) is 15.3. The van der Waals surface area contributed by atoms with E-state index in [4.69, 9.17) is 0 Å². The third-order valence-electron chi connectivity index (χ3n) is 4.87. The lowest BCUT2D eigenvalue weighted by atomic mass is 10.0. The quantitative estimate of drug-likeness (QED) is 0.378. The molecule has 0 saturated heterocycles. The molecule has 5 nitrogen and oxygen atoms in total. The zero-order valence-corrected chi connectivity index (χ0v) is 16.3. The van der Waals surface area contributed by atoms with E-state index in [1.165, 1.54) is 17.3 Å². The van der Waals surface area contributed by atoms with Crippen molar-refractivity contribution in [3.8, 4) is 0 Å². The lowest BCUT2D eigenvalue weighted by Crippen LogP contribution is -2.36. The van der Waals surface area contributed by atoms with Gasteiger partial charge in [0.25, 0.3) is 5.56 Å². The standard InChI is InChI=1S/C22H21N3O2S/c1-2-13-25-21(27)17-10-4-5-11-18(17)23-22(25)28-15-20(26)24-14-7-9-16-8-3-6-12-19(16)24/h2-6,8,10-12H,1,7,9,13-15H2. The van der Waals surface area contributed by atoms with Crippen molar-refractivity contribution >= 4 is 34.3 Å². The number of anilines is 1. The van der Waals surface area contributed by atoms with Gasteiger partial charge in [-0.3, -0.25) is 14.2 Å². The maximum Gasteiger partial charge on any atom is 0.262 e. The van der Waals surface area contributed by atoms with Gasteiger partial charge in [0.05, 0.1) is 16.7 Å². The summed E-state index contributed by atoms with van der Waals surface area (Å²) in [4.78, 5) is 32.2. The van der Waals surface area contributed by atoms with Gasteiger partial charge >= 0.3 is 0 Å². The second-order valence-electron chi connectivity index (χ2n) is 6.68. The molecule has 2 heterocycles. The summed E-state index contributed by atoms with van der Waals surface area (Å²) in [7, 11) is 0. The number of aromatic nitrogens is 2. The molecule has 1 aromatic heterocycles. The third-order valence-corrected chi connectivity index (χ3v) is 5.84. The Morgan fingerprint density at radius 2 is 1.96 bits per heavy atom. The average Bonchev–Trinajstić information content (AvgIpc) is 2.74. The van der Waals surface area contributed by atoms with Gasteiger partial charge in [0, 0.05) is 18.8 Å². The minimum absolute atomic E-state index is 0.0321. The fourth-order valence-electron chi connectivity index (χ4n) is 3.54. The van der Waals surface area contributed by atoms with Crippen molar-refractivity contribution in [3.63, 3.8) is 0 Å². The van der Waals surface area contributed by atoms with E-state index in [1.807, 2.05) is 41.3 Å². The molecule has 0 aliphatic carbocycles. The third kappa shape index (κ3) is 3.47. The monoisotopic (exact) mass is 391 g/mol. The fourth-order valence-corrected chi connectivity index (χ4v) is 4.43. The number of thioether (sulfide) groups is 1. The van der Waals surface area contributed by atoms with Crippen molar-refractivity contribution in [2.24, 2.45) is 0 Å². The highest BCUT2D eigenvalue weighted by atomic mass is 32.2. The number of carbonyl (C=O) groups excluding carboxylic acids is 1. The molecule has 0 atom stereocenters. The normalized spacial score (nSPS) is 13.4. The van der Waals surface area contributed by atoms with E-state index >= 15 is 0 Å². The van der Waals surface area contributed by atoms with Gasteiger partial charge in [-0.05, 0) is 36.6 Å². The molecule has 2 aromatic carbocycles. The second-order valence-corrected chi connectivity index (χ2v) is 7.62. The molecular formula is C22H21N3O2S. The van der Waals surface area contributed by atoms with Crippen LogP contribution in [-0.4, -0.2) is 27.8 Å². The molecule has 4 rings (SSSR count). The Balaban J connectivity index is 1.61. The highest BCUT2D eigenvalue weighted by Crippen LogP contribution is 2.28. The topological polar surface area (TPSA) is 55.2 Å². The van der Waals surface area contributed by atoms with Gasteiger partial charge in [-0.25, -0.2) is 4.98 Å². The van der Waals surface area contributed by atoms with Gasteiger partial charge in [0.2, 0.25) is 5.91 Å². The fraction of sp³-hybridized carbons (Fsp3) is 0.227. The van der Waals surface area contributed by atoms with Crippen LogP contribution in [0.2, 0.25) is 0 Å². The minimum Gasteiger partial charge on any atom is -0.311 e. The van der Waals surface area contributed by atoms with Crippen LogP contribution in [0.25, 0.3) is 10.9 Å². The van der Waals surface area contributed by atoms with Crippen molar-refractivity contribution in [2.45, 2.75) is 24.5 Å². The number of nitrogens with zero attached hydrogens (tertiary/aromatic N) is 3. The Kier molecular flexibility index (Phi) is 5.30. The van der Waals surface area contributed by atoms with Gasteiger partial charge in [0.15, 0.2) is 5.16 Å². The largest absolute Gasteiger partial charge is 0.311 e. The van der Waals surface area contributed by atoms with E-state index in [1.54, 1.807) is 16.7 Å². The summed E-state index contributed by atoms with van der Waals surface area (Å²) >= 11 is 1.31. The molecule has 1 amide bonds.